The Labute approximate surface area is 125 Å². The van der Waals surface area contributed by atoms with Crippen molar-refractivity contribution in [2.45, 2.75) is 68.7 Å². The van der Waals surface area contributed by atoms with Crippen molar-refractivity contribution in [2.75, 3.05) is 0 Å². The lowest BCUT2D eigenvalue weighted by molar-refractivity contribution is 0.463. The second kappa shape index (κ2) is 4.76. The molecule has 1 unspecified atom stereocenters. The molecule has 0 bridgehead atoms. The highest BCUT2D eigenvalue weighted by Gasteiger charge is 2.39. The summed E-state index contributed by atoms with van der Waals surface area (Å²) in [6, 6.07) is 0. The molecule has 0 aromatic heterocycles. The minimum Gasteiger partial charge on any atom is -0.0632 e. The molecule has 0 aromatic rings. The molecule has 2 rings (SSSR count). The van der Waals surface area contributed by atoms with Crippen LogP contribution in [0.3, 0.4) is 0 Å². The minimum atomic E-state index is 0.226. The summed E-state index contributed by atoms with van der Waals surface area (Å²) in [7, 11) is 0. The van der Waals surface area contributed by atoms with Crippen LogP contribution in [0.15, 0.2) is 44.6 Å². The third-order valence-corrected chi connectivity index (χ3v) is 6.69. The second-order valence-electron chi connectivity index (χ2n) is 7.19. The van der Waals surface area contributed by atoms with E-state index in [1.165, 1.54) is 23.1 Å². The van der Waals surface area contributed by atoms with Crippen LogP contribution in [-0.2, 0) is 0 Å². The van der Waals surface area contributed by atoms with E-state index in [9.17, 15) is 0 Å². The largest absolute Gasteiger partial charge is 0.0632 e. The Morgan fingerprint density at radius 1 is 0.750 bits per heavy atom. The highest BCUT2D eigenvalue weighted by Crippen LogP contribution is 2.53. The van der Waals surface area contributed by atoms with Crippen LogP contribution in [0.1, 0.15) is 68.7 Å². The molecule has 0 heteroatoms. The lowest BCUT2D eigenvalue weighted by Gasteiger charge is -2.32. The van der Waals surface area contributed by atoms with Gasteiger partial charge in [-0.3, -0.25) is 0 Å². The third-order valence-electron chi connectivity index (χ3n) is 6.69. The summed E-state index contributed by atoms with van der Waals surface area (Å²) in [4.78, 5) is 0. The van der Waals surface area contributed by atoms with Crippen LogP contribution in [0.2, 0.25) is 0 Å². The fourth-order valence-electron chi connectivity index (χ4n) is 4.05. The molecule has 2 aliphatic rings. The normalized spacial score (nSPS) is 26.6. The van der Waals surface area contributed by atoms with Crippen molar-refractivity contribution < 1.29 is 0 Å². The molecule has 0 amide bonds. The molecule has 0 fully saturated rings. The van der Waals surface area contributed by atoms with Gasteiger partial charge in [-0.2, -0.15) is 0 Å². The predicted octanol–water partition coefficient (Wildman–Crippen LogP) is 6.37. The van der Waals surface area contributed by atoms with Crippen molar-refractivity contribution >= 4 is 0 Å². The lowest BCUT2D eigenvalue weighted by Crippen LogP contribution is -2.20. The Balaban J connectivity index is 2.43. The van der Waals surface area contributed by atoms with E-state index < -0.39 is 0 Å². The molecule has 0 nitrogen and oxygen atoms in total. The Kier molecular flexibility index (Phi) is 3.65. The van der Waals surface area contributed by atoms with Crippen LogP contribution >= 0.6 is 0 Å². The van der Waals surface area contributed by atoms with Crippen molar-refractivity contribution in [3.05, 3.63) is 44.6 Å². The second-order valence-corrected chi connectivity index (χ2v) is 7.19. The van der Waals surface area contributed by atoms with E-state index in [0.29, 0.717) is 5.92 Å². The smallest absolute Gasteiger partial charge is 0.0136 e. The van der Waals surface area contributed by atoms with E-state index in [1.807, 2.05) is 0 Å². The molecule has 20 heavy (non-hydrogen) atoms. The van der Waals surface area contributed by atoms with Crippen molar-refractivity contribution in [1.29, 1.82) is 0 Å². The van der Waals surface area contributed by atoms with E-state index in [1.54, 1.807) is 27.9 Å². The maximum absolute atomic E-state index is 2.44. The first-order valence-electron chi connectivity index (χ1n) is 7.86. The Morgan fingerprint density at radius 3 is 1.55 bits per heavy atom. The molecule has 0 N–H and O–H groups in total. The van der Waals surface area contributed by atoms with Gasteiger partial charge in [0.05, 0.1) is 0 Å². The summed E-state index contributed by atoms with van der Waals surface area (Å²) in [6.07, 6.45) is 1.18. The summed E-state index contributed by atoms with van der Waals surface area (Å²) in [5, 5.41) is 0. The van der Waals surface area contributed by atoms with Gasteiger partial charge >= 0.3 is 0 Å². The van der Waals surface area contributed by atoms with Crippen molar-refractivity contribution in [3.63, 3.8) is 0 Å². The number of hydrogen-bond acceptors (Lipinski definition) is 0. The highest BCUT2D eigenvalue weighted by molar-refractivity contribution is 5.53. The number of allylic oxidation sites excluding steroid dienone is 8. The fraction of sp³-hybridized carbons (Fsp3) is 0.600. The molecular formula is C20H30. The SMILES string of the molecule is CC1=C(C)C(C)C(CC2(C)C(C)=C(C)C(C)=C2C)=C1C. The van der Waals surface area contributed by atoms with Crippen molar-refractivity contribution in [1.82, 2.24) is 0 Å². The molecule has 0 aromatic carbocycles. The summed E-state index contributed by atoms with van der Waals surface area (Å²) < 4.78 is 0. The standard InChI is InChI=1S/C20H30/c1-11-12(2)16(6)19(15(11)5)10-20(9)17(7)13(3)14(4)18(20)8/h15H,10H2,1-9H3. The summed E-state index contributed by atoms with van der Waals surface area (Å²) in [5.41, 5.74) is 12.7. The van der Waals surface area contributed by atoms with Crippen molar-refractivity contribution in [3.8, 4) is 0 Å². The maximum atomic E-state index is 2.44. The monoisotopic (exact) mass is 270 g/mol. The molecule has 110 valence electrons. The Bertz CT molecular complexity index is 564. The van der Waals surface area contributed by atoms with Crippen LogP contribution < -0.4 is 0 Å². The quantitative estimate of drug-likeness (QED) is 0.546. The zero-order valence-corrected chi connectivity index (χ0v) is 14.8. The van der Waals surface area contributed by atoms with E-state index in [-0.39, 0.29) is 5.41 Å². The van der Waals surface area contributed by atoms with E-state index >= 15 is 0 Å². The lowest BCUT2D eigenvalue weighted by atomic mass is 9.72. The first-order valence-corrected chi connectivity index (χ1v) is 7.86. The van der Waals surface area contributed by atoms with Gasteiger partial charge in [0.1, 0.15) is 0 Å². The van der Waals surface area contributed by atoms with Gasteiger partial charge in [-0.05, 0) is 83.1 Å². The molecule has 0 radical (unpaired) electrons. The van der Waals surface area contributed by atoms with Gasteiger partial charge in [-0.15, -0.1) is 0 Å². The first-order chi connectivity index (χ1) is 9.12. The van der Waals surface area contributed by atoms with Crippen LogP contribution in [0.5, 0.6) is 0 Å². The summed E-state index contributed by atoms with van der Waals surface area (Å²) >= 11 is 0. The molecule has 2 aliphatic carbocycles. The van der Waals surface area contributed by atoms with Gasteiger partial charge < -0.3 is 0 Å². The zero-order chi connectivity index (χ0) is 15.4. The maximum Gasteiger partial charge on any atom is 0.0136 e. The van der Waals surface area contributed by atoms with E-state index in [0.717, 1.165) is 0 Å². The molecular weight excluding hydrogens is 240 g/mol. The summed E-state index contributed by atoms with van der Waals surface area (Å²) in [5.74, 6) is 0.619. The van der Waals surface area contributed by atoms with Gasteiger partial charge in [-0.1, -0.05) is 36.1 Å². The molecule has 1 atom stereocenters. The van der Waals surface area contributed by atoms with Crippen LogP contribution in [-0.4, -0.2) is 0 Å². The summed E-state index contributed by atoms with van der Waals surface area (Å²) in [6.45, 7) is 20.9. The van der Waals surface area contributed by atoms with Gasteiger partial charge in [0.25, 0.3) is 0 Å². The minimum absolute atomic E-state index is 0.226. The highest BCUT2D eigenvalue weighted by atomic mass is 14.4. The van der Waals surface area contributed by atoms with E-state index in [2.05, 4.69) is 62.3 Å². The third kappa shape index (κ3) is 1.88. The predicted molar refractivity (Wildman–Crippen MR) is 89.7 cm³/mol. The molecule has 0 heterocycles. The zero-order valence-electron chi connectivity index (χ0n) is 14.8. The van der Waals surface area contributed by atoms with Gasteiger partial charge in [0, 0.05) is 5.41 Å². The van der Waals surface area contributed by atoms with Gasteiger partial charge in [-0.25, -0.2) is 0 Å². The van der Waals surface area contributed by atoms with Crippen LogP contribution in [0.4, 0.5) is 0 Å². The Morgan fingerprint density at radius 2 is 1.20 bits per heavy atom. The molecule has 0 spiro atoms. The van der Waals surface area contributed by atoms with Crippen LogP contribution in [0, 0.1) is 11.3 Å². The average Bonchev–Trinajstić information content (AvgIpc) is 2.68. The molecule has 0 saturated carbocycles. The first kappa shape index (κ1) is 15.4. The average molecular weight is 270 g/mol. The molecule has 0 saturated heterocycles. The van der Waals surface area contributed by atoms with Gasteiger partial charge in [0.2, 0.25) is 0 Å². The van der Waals surface area contributed by atoms with Crippen molar-refractivity contribution in [2.24, 2.45) is 11.3 Å². The van der Waals surface area contributed by atoms with E-state index in [4.69, 9.17) is 0 Å². The van der Waals surface area contributed by atoms with Gasteiger partial charge in [0.15, 0.2) is 0 Å². The topological polar surface area (TPSA) is 0 Å². The fourth-order valence-corrected chi connectivity index (χ4v) is 4.05. The molecule has 0 aliphatic heterocycles. The number of rotatable bonds is 2. The number of hydrogen-bond donors (Lipinski definition) is 0. The Hall–Kier alpha value is -1.04. The van der Waals surface area contributed by atoms with Crippen LogP contribution in [0.25, 0.3) is 0 Å².